The maximum absolute atomic E-state index is 11.0. The molecule has 0 saturated heterocycles. The molecule has 1 unspecified atom stereocenters. The van der Waals surface area contributed by atoms with Crippen LogP contribution in [-0.4, -0.2) is 11.1 Å². The summed E-state index contributed by atoms with van der Waals surface area (Å²) < 4.78 is 0. The zero-order valence-electron chi connectivity index (χ0n) is 14.3. The minimum Gasteiger partial charge on any atom is -0.481 e. The first-order valence-corrected chi connectivity index (χ1v) is 9.10. The van der Waals surface area contributed by atoms with Crippen LogP contribution in [-0.2, 0) is 4.79 Å². The third kappa shape index (κ3) is 13.9. The van der Waals surface area contributed by atoms with Crippen molar-refractivity contribution in [1.29, 1.82) is 0 Å². The molecule has 1 N–H and O–H groups in total. The Hall–Kier alpha value is -0.790. The second-order valence-corrected chi connectivity index (χ2v) is 6.14. The zero-order valence-corrected chi connectivity index (χ0v) is 14.3. The number of carboxylic acids is 1. The van der Waals surface area contributed by atoms with Gasteiger partial charge in [0, 0.05) is 0 Å². The summed E-state index contributed by atoms with van der Waals surface area (Å²) in [6, 6.07) is 0. The highest BCUT2D eigenvalue weighted by molar-refractivity contribution is 5.69. The van der Waals surface area contributed by atoms with Gasteiger partial charge in [0.15, 0.2) is 0 Å². The summed E-state index contributed by atoms with van der Waals surface area (Å²) in [5, 5.41) is 9.06. The van der Waals surface area contributed by atoms with Gasteiger partial charge in [0.2, 0.25) is 0 Å². The molecule has 0 saturated carbocycles. The molecule has 21 heavy (non-hydrogen) atoms. The van der Waals surface area contributed by atoms with Crippen molar-refractivity contribution in [2.45, 2.75) is 97.3 Å². The normalized spacial score (nSPS) is 12.9. The molecule has 0 bridgehead atoms. The Morgan fingerprint density at radius 3 is 1.95 bits per heavy atom. The van der Waals surface area contributed by atoms with Gasteiger partial charge in [-0.3, -0.25) is 4.79 Å². The minimum atomic E-state index is -0.631. The summed E-state index contributed by atoms with van der Waals surface area (Å²) in [4.78, 5) is 11.0. The number of aliphatic carboxylic acids is 1. The van der Waals surface area contributed by atoms with Gasteiger partial charge in [-0.2, -0.15) is 0 Å². The van der Waals surface area contributed by atoms with Crippen LogP contribution in [0.4, 0.5) is 0 Å². The summed E-state index contributed by atoms with van der Waals surface area (Å²) in [6.07, 6.45) is 19.9. The van der Waals surface area contributed by atoms with Gasteiger partial charge >= 0.3 is 5.97 Å². The molecule has 0 fully saturated rings. The number of carboxylic acid groups (broad SMARTS) is 1. The lowest BCUT2D eigenvalue weighted by Gasteiger charge is -2.08. The van der Waals surface area contributed by atoms with E-state index >= 15 is 0 Å². The van der Waals surface area contributed by atoms with Crippen molar-refractivity contribution in [3.8, 4) is 0 Å². The number of hydrogen-bond acceptors (Lipinski definition) is 1. The molecular formula is C19H36O2. The average molecular weight is 296 g/mol. The van der Waals surface area contributed by atoms with Gasteiger partial charge in [0.25, 0.3) is 0 Å². The molecule has 0 aromatic rings. The topological polar surface area (TPSA) is 37.3 Å². The van der Waals surface area contributed by atoms with Crippen LogP contribution in [0, 0.1) is 5.92 Å². The van der Waals surface area contributed by atoms with E-state index in [0.717, 1.165) is 32.1 Å². The molecule has 2 nitrogen and oxygen atoms in total. The average Bonchev–Trinajstić information content (AvgIpc) is 2.47. The van der Waals surface area contributed by atoms with E-state index in [2.05, 4.69) is 19.1 Å². The number of hydrogen-bond donors (Lipinski definition) is 1. The Balaban J connectivity index is 3.38. The lowest BCUT2D eigenvalue weighted by atomic mass is 9.98. The molecule has 124 valence electrons. The first-order chi connectivity index (χ1) is 10.2. The van der Waals surface area contributed by atoms with E-state index < -0.39 is 5.97 Å². The Labute approximate surface area is 132 Å². The van der Waals surface area contributed by atoms with E-state index in [1.165, 1.54) is 51.4 Å². The molecule has 1 atom stereocenters. The molecule has 0 rings (SSSR count). The molecule has 0 amide bonds. The van der Waals surface area contributed by atoms with Gasteiger partial charge < -0.3 is 5.11 Å². The second-order valence-electron chi connectivity index (χ2n) is 6.14. The Kier molecular flexibility index (Phi) is 15.0. The largest absolute Gasteiger partial charge is 0.481 e. The minimum absolute atomic E-state index is 0.150. The fourth-order valence-electron chi connectivity index (χ4n) is 2.67. The fraction of sp³-hybridized carbons (Fsp3) is 0.842. The number of carbonyl (C=O) groups is 1. The summed E-state index contributed by atoms with van der Waals surface area (Å²) in [6.45, 7) is 4.31. The standard InChI is InChI=1S/C19H36O2/c1-3-5-6-7-8-9-10-11-12-13-14-15-17-18(16-4-2)19(20)21/h13-14,18H,3-12,15-17H2,1-2H3,(H,20,21)/b14-13+. The van der Waals surface area contributed by atoms with Crippen LogP contribution in [0.1, 0.15) is 97.3 Å². The van der Waals surface area contributed by atoms with E-state index in [4.69, 9.17) is 5.11 Å². The molecule has 0 spiro atoms. The number of unbranched alkanes of at least 4 members (excludes halogenated alkanes) is 8. The van der Waals surface area contributed by atoms with Crippen LogP contribution in [0.5, 0.6) is 0 Å². The molecular weight excluding hydrogens is 260 g/mol. The van der Waals surface area contributed by atoms with E-state index in [0.29, 0.717) is 0 Å². The van der Waals surface area contributed by atoms with Crippen molar-refractivity contribution in [3.05, 3.63) is 12.2 Å². The summed E-state index contributed by atoms with van der Waals surface area (Å²) in [7, 11) is 0. The van der Waals surface area contributed by atoms with Crippen LogP contribution in [0.3, 0.4) is 0 Å². The van der Waals surface area contributed by atoms with Crippen LogP contribution in [0.2, 0.25) is 0 Å². The molecule has 0 aliphatic carbocycles. The Morgan fingerprint density at radius 1 is 0.810 bits per heavy atom. The first kappa shape index (κ1) is 20.2. The maximum Gasteiger partial charge on any atom is 0.306 e. The van der Waals surface area contributed by atoms with Crippen molar-refractivity contribution in [2.24, 2.45) is 5.92 Å². The zero-order chi connectivity index (χ0) is 15.8. The maximum atomic E-state index is 11.0. The van der Waals surface area contributed by atoms with Gasteiger partial charge in [0.05, 0.1) is 5.92 Å². The van der Waals surface area contributed by atoms with E-state index in [-0.39, 0.29) is 5.92 Å². The van der Waals surface area contributed by atoms with Crippen LogP contribution in [0.15, 0.2) is 12.2 Å². The van der Waals surface area contributed by atoms with Gasteiger partial charge in [-0.25, -0.2) is 0 Å². The Bertz CT molecular complexity index is 258. The summed E-state index contributed by atoms with van der Waals surface area (Å²) in [5.74, 6) is -0.781. The molecule has 2 heteroatoms. The number of rotatable bonds is 15. The quantitative estimate of drug-likeness (QED) is 0.282. The molecule has 0 aromatic carbocycles. The van der Waals surface area contributed by atoms with Crippen molar-refractivity contribution in [2.75, 3.05) is 0 Å². The lowest BCUT2D eigenvalue weighted by Crippen LogP contribution is -2.12. The SMILES string of the molecule is CCCCCCCCCC/C=C/CCC(CCC)C(=O)O. The first-order valence-electron chi connectivity index (χ1n) is 9.10. The highest BCUT2D eigenvalue weighted by atomic mass is 16.4. The van der Waals surface area contributed by atoms with Crippen molar-refractivity contribution < 1.29 is 9.90 Å². The highest BCUT2D eigenvalue weighted by Gasteiger charge is 2.14. The van der Waals surface area contributed by atoms with Crippen LogP contribution in [0.25, 0.3) is 0 Å². The third-order valence-corrected chi connectivity index (χ3v) is 4.06. The predicted molar refractivity (Wildman–Crippen MR) is 91.6 cm³/mol. The lowest BCUT2D eigenvalue weighted by molar-refractivity contribution is -0.142. The van der Waals surface area contributed by atoms with Crippen LogP contribution < -0.4 is 0 Å². The number of allylic oxidation sites excluding steroid dienone is 2. The van der Waals surface area contributed by atoms with E-state index in [9.17, 15) is 4.79 Å². The molecule has 0 aliphatic rings. The highest BCUT2D eigenvalue weighted by Crippen LogP contribution is 2.14. The van der Waals surface area contributed by atoms with Gasteiger partial charge in [-0.1, -0.05) is 77.4 Å². The van der Waals surface area contributed by atoms with Crippen molar-refractivity contribution in [3.63, 3.8) is 0 Å². The monoisotopic (exact) mass is 296 g/mol. The van der Waals surface area contributed by atoms with Crippen molar-refractivity contribution in [1.82, 2.24) is 0 Å². The molecule has 0 radical (unpaired) electrons. The smallest absolute Gasteiger partial charge is 0.306 e. The van der Waals surface area contributed by atoms with Crippen molar-refractivity contribution >= 4 is 5.97 Å². The van der Waals surface area contributed by atoms with Gasteiger partial charge in [0.1, 0.15) is 0 Å². The van der Waals surface area contributed by atoms with E-state index in [1.807, 2.05) is 6.92 Å². The predicted octanol–water partition coefficient (Wildman–Crippen LogP) is 6.35. The molecule has 0 heterocycles. The van der Waals surface area contributed by atoms with Gasteiger partial charge in [-0.05, 0) is 32.1 Å². The third-order valence-electron chi connectivity index (χ3n) is 4.06. The second kappa shape index (κ2) is 15.6. The summed E-state index contributed by atoms with van der Waals surface area (Å²) >= 11 is 0. The molecule has 0 aromatic heterocycles. The summed E-state index contributed by atoms with van der Waals surface area (Å²) in [5.41, 5.74) is 0. The Morgan fingerprint density at radius 2 is 1.38 bits per heavy atom. The fourth-order valence-corrected chi connectivity index (χ4v) is 2.67. The van der Waals surface area contributed by atoms with E-state index in [1.54, 1.807) is 0 Å². The molecule has 0 aliphatic heterocycles. The van der Waals surface area contributed by atoms with Crippen LogP contribution >= 0.6 is 0 Å². The van der Waals surface area contributed by atoms with Gasteiger partial charge in [-0.15, -0.1) is 0 Å².